The first kappa shape index (κ1) is 20.0. The molecule has 0 aromatic heterocycles. The standard InChI is InChI=1S/C18H29ClN2O4/c1-25-18(24)20-16(14-6-4-2-3-5-7-14)17(23)21-11-13(8-9-19)10-15(21)12-22/h12-16H,2-11H2,1H3,(H,20,24)/t13-,15?,16?/m1/s1. The van der Waals surface area contributed by atoms with Gasteiger partial charge < -0.3 is 19.7 Å². The van der Waals surface area contributed by atoms with Gasteiger partial charge in [0.2, 0.25) is 5.91 Å². The molecule has 1 heterocycles. The summed E-state index contributed by atoms with van der Waals surface area (Å²) in [7, 11) is 1.30. The van der Waals surface area contributed by atoms with Crippen LogP contribution in [-0.4, -0.2) is 54.8 Å². The van der Waals surface area contributed by atoms with Gasteiger partial charge in [-0.2, -0.15) is 0 Å². The number of carbonyl (C=O) groups is 3. The number of hydrogen-bond donors (Lipinski definition) is 1. The first-order valence-electron chi connectivity index (χ1n) is 9.27. The fourth-order valence-electron chi connectivity index (χ4n) is 4.09. The third-order valence-electron chi connectivity index (χ3n) is 5.48. The van der Waals surface area contributed by atoms with Crippen molar-refractivity contribution in [2.24, 2.45) is 11.8 Å². The van der Waals surface area contributed by atoms with Crippen molar-refractivity contribution in [3.63, 3.8) is 0 Å². The van der Waals surface area contributed by atoms with Gasteiger partial charge in [0.1, 0.15) is 12.3 Å². The lowest BCUT2D eigenvalue weighted by molar-refractivity contribution is -0.137. The second-order valence-corrected chi connectivity index (χ2v) is 7.52. The molecule has 6 nitrogen and oxygen atoms in total. The van der Waals surface area contributed by atoms with E-state index >= 15 is 0 Å². The molecule has 0 bridgehead atoms. The summed E-state index contributed by atoms with van der Waals surface area (Å²) in [6, 6.07) is -1.05. The van der Waals surface area contributed by atoms with Crippen LogP contribution in [0.4, 0.5) is 4.79 Å². The molecular weight excluding hydrogens is 344 g/mol. The van der Waals surface area contributed by atoms with Crippen molar-refractivity contribution in [1.82, 2.24) is 10.2 Å². The lowest BCUT2D eigenvalue weighted by atomic mass is 9.90. The summed E-state index contributed by atoms with van der Waals surface area (Å²) in [5.74, 6) is 0.689. The highest BCUT2D eigenvalue weighted by Crippen LogP contribution is 2.30. The zero-order valence-corrected chi connectivity index (χ0v) is 15.7. The molecule has 2 rings (SSSR count). The number of nitrogens with one attached hydrogen (secondary N) is 1. The topological polar surface area (TPSA) is 75.7 Å². The smallest absolute Gasteiger partial charge is 0.407 e. The minimum Gasteiger partial charge on any atom is -0.453 e. The van der Waals surface area contributed by atoms with Crippen molar-refractivity contribution in [3.8, 4) is 0 Å². The van der Waals surface area contributed by atoms with Crippen molar-refractivity contribution in [1.29, 1.82) is 0 Å². The van der Waals surface area contributed by atoms with Crippen LogP contribution in [0.15, 0.2) is 0 Å². The molecule has 1 aliphatic carbocycles. The van der Waals surface area contributed by atoms with Gasteiger partial charge in [0, 0.05) is 12.4 Å². The third-order valence-corrected chi connectivity index (χ3v) is 5.70. The van der Waals surface area contributed by atoms with Crippen LogP contribution >= 0.6 is 11.6 Å². The number of carbonyl (C=O) groups excluding carboxylic acids is 3. The second kappa shape index (κ2) is 10.00. The lowest BCUT2D eigenvalue weighted by Crippen LogP contribution is -2.53. The minimum absolute atomic E-state index is 0.0912. The van der Waals surface area contributed by atoms with E-state index in [1.807, 2.05) is 0 Å². The molecule has 1 aliphatic heterocycles. The Morgan fingerprint density at radius 2 is 1.96 bits per heavy atom. The average molecular weight is 373 g/mol. The lowest BCUT2D eigenvalue weighted by Gasteiger charge is -2.31. The molecule has 2 amide bonds. The number of methoxy groups -OCH3 is 1. The van der Waals surface area contributed by atoms with Gasteiger partial charge in [0.05, 0.1) is 13.2 Å². The molecule has 7 heteroatoms. The quantitative estimate of drug-likeness (QED) is 0.442. The molecular formula is C18H29ClN2O4. The molecule has 1 N–H and O–H groups in total. The number of nitrogens with zero attached hydrogens (tertiary/aromatic N) is 1. The van der Waals surface area contributed by atoms with Gasteiger partial charge in [0.25, 0.3) is 0 Å². The highest BCUT2D eigenvalue weighted by atomic mass is 35.5. The van der Waals surface area contributed by atoms with E-state index in [1.54, 1.807) is 4.90 Å². The van der Waals surface area contributed by atoms with E-state index in [1.165, 1.54) is 7.11 Å². The first-order valence-corrected chi connectivity index (χ1v) is 9.80. The molecule has 0 aromatic rings. The van der Waals surface area contributed by atoms with Gasteiger partial charge in [-0.1, -0.05) is 25.7 Å². The Bertz CT molecular complexity index is 466. The monoisotopic (exact) mass is 372 g/mol. The maximum atomic E-state index is 13.2. The van der Waals surface area contributed by atoms with E-state index < -0.39 is 18.2 Å². The summed E-state index contributed by atoms with van der Waals surface area (Å²) in [4.78, 5) is 38.1. The summed E-state index contributed by atoms with van der Waals surface area (Å²) in [6.07, 6.45) is 7.94. The number of alkyl halides is 1. The number of aldehydes is 1. The maximum absolute atomic E-state index is 13.2. The van der Waals surface area contributed by atoms with Crippen molar-refractivity contribution < 1.29 is 19.1 Å². The molecule has 0 spiro atoms. The Kier molecular flexibility index (Phi) is 8.00. The molecule has 2 unspecified atom stereocenters. The van der Waals surface area contributed by atoms with Gasteiger partial charge >= 0.3 is 6.09 Å². The van der Waals surface area contributed by atoms with Crippen LogP contribution in [0.5, 0.6) is 0 Å². The molecule has 1 saturated heterocycles. The maximum Gasteiger partial charge on any atom is 0.407 e. The number of halogens is 1. The molecule has 25 heavy (non-hydrogen) atoms. The molecule has 2 fully saturated rings. The second-order valence-electron chi connectivity index (χ2n) is 7.14. The molecule has 142 valence electrons. The fourth-order valence-corrected chi connectivity index (χ4v) is 4.40. The van der Waals surface area contributed by atoms with Gasteiger partial charge in [-0.3, -0.25) is 4.79 Å². The van der Waals surface area contributed by atoms with Gasteiger partial charge in [-0.15, -0.1) is 11.6 Å². The third kappa shape index (κ3) is 5.33. The Hall–Kier alpha value is -1.30. The molecule has 3 atom stereocenters. The van der Waals surface area contributed by atoms with E-state index in [0.29, 0.717) is 18.8 Å². The summed E-state index contributed by atoms with van der Waals surface area (Å²) in [5, 5.41) is 2.74. The summed E-state index contributed by atoms with van der Waals surface area (Å²) < 4.78 is 4.72. The van der Waals surface area contributed by atoms with Crippen LogP contribution in [0.1, 0.15) is 51.4 Å². The van der Waals surface area contributed by atoms with E-state index in [0.717, 1.165) is 51.2 Å². The van der Waals surface area contributed by atoms with E-state index in [-0.39, 0.29) is 17.7 Å². The number of amides is 2. The highest BCUT2D eigenvalue weighted by molar-refractivity contribution is 6.17. The molecule has 0 aromatic carbocycles. The predicted octanol–water partition coefficient (Wildman–Crippen LogP) is 2.73. The van der Waals surface area contributed by atoms with Crippen LogP contribution in [0.25, 0.3) is 0 Å². The fraction of sp³-hybridized carbons (Fsp3) is 0.833. The largest absolute Gasteiger partial charge is 0.453 e. The summed E-state index contributed by atoms with van der Waals surface area (Å²) >= 11 is 5.82. The average Bonchev–Trinajstić information content (AvgIpc) is 2.84. The Balaban J connectivity index is 2.15. The van der Waals surface area contributed by atoms with Gasteiger partial charge in [-0.25, -0.2) is 4.79 Å². The van der Waals surface area contributed by atoms with Crippen LogP contribution in [0, 0.1) is 11.8 Å². The van der Waals surface area contributed by atoms with E-state index in [2.05, 4.69) is 5.32 Å². The normalized spacial score (nSPS) is 25.9. The number of ether oxygens (including phenoxy) is 1. The van der Waals surface area contributed by atoms with Crippen molar-refractivity contribution >= 4 is 29.9 Å². The Labute approximate surface area is 154 Å². The van der Waals surface area contributed by atoms with Gasteiger partial charge in [0.15, 0.2) is 0 Å². The molecule has 0 radical (unpaired) electrons. The zero-order valence-electron chi connectivity index (χ0n) is 14.9. The first-order chi connectivity index (χ1) is 12.1. The van der Waals surface area contributed by atoms with Crippen molar-refractivity contribution in [2.45, 2.75) is 63.5 Å². The van der Waals surface area contributed by atoms with Gasteiger partial charge in [-0.05, 0) is 37.5 Å². The van der Waals surface area contributed by atoms with E-state index in [9.17, 15) is 14.4 Å². The zero-order chi connectivity index (χ0) is 18.2. The molecule has 1 saturated carbocycles. The number of likely N-dealkylation sites (tertiary alicyclic amines) is 1. The number of rotatable bonds is 6. The van der Waals surface area contributed by atoms with Crippen LogP contribution in [0.2, 0.25) is 0 Å². The predicted molar refractivity (Wildman–Crippen MR) is 95.5 cm³/mol. The summed E-state index contributed by atoms with van der Waals surface area (Å²) in [6.45, 7) is 0.529. The number of alkyl carbamates (subject to hydrolysis) is 1. The Morgan fingerprint density at radius 3 is 2.52 bits per heavy atom. The minimum atomic E-state index is -0.622. The van der Waals surface area contributed by atoms with Crippen LogP contribution in [0.3, 0.4) is 0 Å². The van der Waals surface area contributed by atoms with Crippen molar-refractivity contribution in [2.75, 3.05) is 19.5 Å². The SMILES string of the molecule is COC(=O)NC(C(=O)N1C[C@H](CCCl)CC1C=O)C1CCCCCC1. The molecule has 2 aliphatic rings. The van der Waals surface area contributed by atoms with Crippen LogP contribution < -0.4 is 5.32 Å². The van der Waals surface area contributed by atoms with Crippen LogP contribution in [-0.2, 0) is 14.3 Å². The highest BCUT2D eigenvalue weighted by Gasteiger charge is 2.40. The Morgan fingerprint density at radius 1 is 1.28 bits per heavy atom. The summed E-state index contributed by atoms with van der Waals surface area (Å²) in [5.41, 5.74) is 0. The van der Waals surface area contributed by atoms with E-state index in [4.69, 9.17) is 16.3 Å². The number of hydrogen-bond acceptors (Lipinski definition) is 4. The van der Waals surface area contributed by atoms with Crippen molar-refractivity contribution in [3.05, 3.63) is 0 Å².